The third-order valence-electron chi connectivity index (χ3n) is 2.12. The minimum Gasteiger partial charge on any atom is -0.478 e. The third-order valence-corrected chi connectivity index (χ3v) is 3.17. The van der Waals surface area contributed by atoms with E-state index in [0.29, 0.717) is 15.6 Å². The number of hydrogen-bond donors (Lipinski definition) is 3. The molecule has 0 aliphatic rings. The highest BCUT2D eigenvalue weighted by Gasteiger charge is 2.08. The number of carboxylic acids is 1. The number of nitrogens with one attached hydrogen (secondary N) is 2. The number of aromatic nitrogens is 3. The number of hydrogen-bond acceptors (Lipinski definition) is 5. The maximum Gasteiger partial charge on any atom is 0.328 e. The van der Waals surface area contributed by atoms with E-state index in [2.05, 4.69) is 20.5 Å². The van der Waals surface area contributed by atoms with Crippen molar-refractivity contribution in [1.29, 1.82) is 0 Å². The van der Waals surface area contributed by atoms with Crippen LogP contribution in [-0.2, 0) is 11.3 Å². The van der Waals surface area contributed by atoms with Gasteiger partial charge in [-0.15, -0.1) is 11.3 Å². The van der Waals surface area contributed by atoms with Gasteiger partial charge in [0.25, 0.3) is 5.91 Å². The van der Waals surface area contributed by atoms with E-state index in [4.69, 9.17) is 5.11 Å². The Morgan fingerprint density at radius 1 is 1.47 bits per heavy atom. The topological polar surface area (TPSA) is 108 Å². The number of rotatable bonds is 5. The number of carbonyl (C=O) groups is 2. The maximum absolute atomic E-state index is 11.8. The second kappa shape index (κ2) is 5.91. The second-order valence-electron chi connectivity index (χ2n) is 3.49. The molecule has 0 bridgehead atoms. The number of H-pyrrole nitrogens is 1. The van der Waals surface area contributed by atoms with Crippen molar-refractivity contribution >= 4 is 29.3 Å². The van der Waals surface area contributed by atoms with Crippen molar-refractivity contribution in [3.63, 3.8) is 0 Å². The Hall–Kier alpha value is -2.48. The maximum atomic E-state index is 11.8. The Balaban J connectivity index is 1.94. The Kier molecular flexibility index (Phi) is 4.04. The summed E-state index contributed by atoms with van der Waals surface area (Å²) >= 11 is 1.21. The molecule has 0 saturated heterocycles. The number of nitrogens with zero attached hydrogens (tertiary/aromatic N) is 2. The Morgan fingerprint density at radius 2 is 2.32 bits per heavy atom. The third kappa shape index (κ3) is 3.75. The van der Waals surface area contributed by atoms with Crippen LogP contribution in [0.5, 0.6) is 0 Å². The lowest BCUT2D eigenvalue weighted by Crippen LogP contribution is -2.22. The fourth-order valence-electron chi connectivity index (χ4n) is 1.28. The molecule has 0 atom stereocenters. The van der Waals surface area contributed by atoms with Gasteiger partial charge >= 0.3 is 5.97 Å². The van der Waals surface area contributed by atoms with Gasteiger partial charge in [-0.05, 0) is 18.2 Å². The molecule has 2 aromatic rings. The fourth-order valence-corrected chi connectivity index (χ4v) is 2.11. The number of amides is 1. The van der Waals surface area contributed by atoms with Gasteiger partial charge in [-0.2, -0.15) is 5.10 Å². The van der Waals surface area contributed by atoms with E-state index >= 15 is 0 Å². The number of carboxylic acid groups (broad SMARTS) is 1. The van der Waals surface area contributed by atoms with Crippen molar-refractivity contribution in [2.45, 2.75) is 6.54 Å². The predicted octanol–water partition coefficient (Wildman–Crippen LogP) is 0.894. The van der Waals surface area contributed by atoms with Crippen LogP contribution in [0.2, 0.25) is 0 Å². The first-order valence-electron chi connectivity index (χ1n) is 5.28. The lowest BCUT2D eigenvalue weighted by Gasteiger charge is -1.99. The summed E-state index contributed by atoms with van der Waals surface area (Å²) in [5.74, 6) is -0.697. The number of aromatic amines is 1. The highest BCUT2D eigenvalue weighted by molar-refractivity contribution is 7.14. The Morgan fingerprint density at radius 3 is 3.00 bits per heavy atom. The number of carbonyl (C=O) groups excluding carboxylic acids is 1. The van der Waals surface area contributed by atoms with Crippen molar-refractivity contribution < 1.29 is 14.7 Å². The van der Waals surface area contributed by atoms with Crippen LogP contribution in [0, 0.1) is 0 Å². The molecule has 2 rings (SSSR count). The van der Waals surface area contributed by atoms with E-state index in [1.807, 2.05) is 0 Å². The van der Waals surface area contributed by atoms with Crippen molar-refractivity contribution in [3.8, 4) is 0 Å². The summed E-state index contributed by atoms with van der Waals surface area (Å²) < 4.78 is 0. The monoisotopic (exact) mass is 278 g/mol. The molecule has 8 heteroatoms. The van der Waals surface area contributed by atoms with Crippen LogP contribution in [-0.4, -0.2) is 32.2 Å². The molecule has 2 heterocycles. The van der Waals surface area contributed by atoms with Crippen LogP contribution in [0.1, 0.15) is 20.4 Å². The fraction of sp³-hybridized carbons (Fsp3) is 0.0909. The first kappa shape index (κ1) is 13.0. The second-order valence-corrected chi connectivity index (χ2v) is 4.60. The van der Waals surface area contributed by atoms with E-state index in [1.165, 1.54) is 23.7 Å². The summed E-state index contributed by atoms with van der Waals surface area (Å²) in [5, 5.41) is 17.5. The molecule has 2 aromatic heterocycles. The van der Waals surface area contributed by atoms with E-state index in [9.17, 15) is 9.59 Å². The van der Waals surface area contributed by atoms with Gasteiger partial charge < -0.3 is 10.4 Å². The van der Waals surface area contributed by atoms with Gasteiger partial charge in [0.1, 0.15) is 12.2 Å². The molecule has 0 fully saturated rings. The van der Waals surface area contributed by atoms with Crippen LogP contribution in [0.15, 0.2) is 24.5 Å². The first-order chi connectivity index (χ1) is 9.15. The molecule has 7 nitrogen and oxygen atoms in total. The summed E-state index contributed by atoms with van der Waals surface area (Å²) in [6.45, 7) is 0.261. The van der Waals surface area contributed by atoms with E-state index in [0.717, 1.165) is 6.08 Å². The van der Waals surface area contributed by atoms with Gasteiger partial charge in [0.15, 0.2) is 0 Å². The average molecular weight is 278 g/mol. The molecule has 19 heavy (non-hydrogen) atoms. The summed E-state index contributed by atoms with van der Waals surface area (Å²) in [4.78, 5) is 27.2. The van der Waals surface area contributed by atoms with Crippen LogP contribution in [0.4, 0.5) is 0 Å². The summed E-state index contributed by atoms with van der Waals surface area (Å²) in [6, 6.07) is 3.33. The van der Waals surface area contributed by atoms with Gasteiger partial charge in [-0.25, -0.2) is 9.78 Å². The zero-order chi connectivity index (χ0) is 13.7. The average Bonchev–Trinajstić information content (AvgIpc) is 3.04. The number of thiophene rings is 1. The molecule has 0 aliphatic heterocycles. The molecule has 98 valence electrons. The quantitative estimate of drug-likeness (QED) is 0.704. The smallest absolute Gasteiger partial charge is 0.328 e. The number of aliphatic carboxylic acids is 1. The molecule has 1 amide bonds. The Labute approximate surface area is 112 Å². The normalized spacial score (nSPS) is 10.7. The van der Waals surface area contributed by atoms with Crippen LogP contribution < -0.4 is 5.32 Å². The molecule has 0 spiro atoms. The molecule has 0 aliphatic carbocycles. The zero-order valence-corrected chi connectivity index (χ0v) is 10.5. The first-order valence-corrected chi connectivity index (χ1v) is 6.10. The van der Waals surface area contributed by atoms with Gasteiger partial charge in [0.2, 0.25) is 0 Å². The molecule has 0 saturated carbocycles. The van der Waals surface area contributed by atoms with Crippen molar-refractivity contribution in [3.05, 3.63) is 40.1 Å². The van der Waals surface area contributed by atoms with Crippen LogP contribution >= 0.6 is 11.3 Å². The minimum atomic E-state index is -1.02. The van der Waals surface area contributed by atoms with Gasteiger partial charge in [0, 0.05) is 11.0 Å². The molecule has 0 radical (unpaired) electrons. The van der Waals surface area contributed by atoms with Crippen molar-refractivity contribution in [2.24, 2.45) is 0 Å². The zero-order valence-electron chi connectivity index (χ0n) is 9.66. The van der Waals surface area contributed by atoms with Crippen molar-refractivity contribution in [2.75, 3.05) is 0 Å². The van der Waals surface area contributed by atoms with Crippen molar-refractivity contribution in [1.82, 2.24) is 20.5 Å². The van der Waals surface area contributed by atoms with Gasteiger partial charge in [-0.3, -0.25) is 9.89 Å². The summed E-state index contributed by atoms with van der Waals surface area (Å²) in [5.41, 5.74) is 0. The molecular weight excluding hydrogens is 268 g/mol. The van der Waals surface area contributed by atoms with E-state index in [1.54, 1.807) is 12.1 Å². The lowest BCUT2D eigenvalue weighted by molar-refractivity contribution is -0.131. The lowest BCUT2D eigenvalue weighted by atomic mass is 10.4. The highest BCUT2D eigenvalue weighted by Crippen LogP contribution is 2.17. The molecular formula is C11H10N4O3S. The van der Waals surface area contributed by atoms with E-state index in [-0.39, 0.29) is 12.5 Å². The molecule has 0 unspecified atom stereocenters. The molecule has 0 aromatic carbocycles. The van der Waals surface area contributed by atoms with E-state index < -0.39 is 5.97 Å². The molecule has 3 N–H and O–H groups in total. The van der Waals surface area contributed by atoms with Crippen LogP contribution in [0.25, 0.3) is 6.08 Å². The van der Waals surface area contributed by atoms with Crippen LogP contribution in [0.3, 0.4) is 0 Å². The van der Waals surface area contributed by atoms with Gasteiger partial charge in [0.05, 0.1) is 11.4 Å². The predicted molar refractivity (Wildman–Crippen MR) is 68.5 cm³/mol. The van der Waals surface area contributed by atoms with Gasteiger partial charge in [-0.1, -0.05) is 0 Å². The summed E-state index contributed by atoms with van der Waals surface area (Å²) in [7, 11) is 0. The standard InChI is InChI=1S/C11H10N4O3S/c16-10(17)4-2-7-1-3-8(19-7)11(18)12-5-9-13-6-14-15-9/h1-4,6H,5H2,(H,12,18)(H,16,17)(H,13,14,15). The Bertz CT molecular complexity index is 603. The SMILES string of the molecule is O=C(O)C=Cc1ccc(C(=O)NCc2ncn[nH]2)s1. The largest absolute Gasteiger partial charge is 0.478 e. The highest BCUT2D eigenvalue weighted by atomic mass is 32.1. The minimum absolute atomic E-state index is 0.239. The summed E-state index contributed by atoms with van der Waals surface area (Å²) in [6.07, 6.45) is 3.84.